The molecular weight excluding hydrogens is 606 g/mol. The van der Waals surface area contributed by atoms with Crippen LogP contribution in [0.25, 0.3) is 22.5 Å². The Hall–Kier alpha value is -5.05. The molecule has 4 aromatic rings. The zero-order valence-electron chi connectivity index (χ0n) is 28.0. The number of carbonyl (C=O) groups is 3. The van der Waals surface area contributed by atoms with Crippen molar-refractivity contribution in [2.24, 2.45) is 5.92 Å². The Kier molecular flexibility index (Phi) is 13.7. The summed E-state index contributed by atoms with van der Waals surface area (Å²) in [6, 6.07) is 21.1. The molecule has 3 aromatic carbocycles. The van der Waals surface area contributed by atoms with Crippen LogP contribution < -0.4 is 14.8 Å². The van der Waals surface area contributed by atoms with E-state index in [4.69, 9.17) is 9.47 Å². The fourth-order valence-electron chi connectivity index (χ4n) is 5.24. The molecule has 2 N–H and O–H groups in total. The molecule has 9 heteroatoms. The summed E-state index contributed by atoms with van der Waals surface area (Å²) in [5, 5.41) is 11.8. The second kappa shape index (κ2) is 18.3. The van der Waals surface area contributed by atoms with E-state index in [1.165, 1.54) is 32.6 Å². The minimum Gasteiger partial charge on any atom is -0.494 e. The smallest absolute Gasteiger partial charge is 0.325 e. The quantitative estimate of drug-likeness (QED) is 0.0785. The molecule has 0 fully saturated rings. The average molecular weight is 652 g/mol. The largest absolute Gasteiger partial charge is 0.494 e. The minimum absolute atomic E-state index is 0.0787. The number of ketones is 1. The number of carbonyl (C=O) groups excluding carboxylic acids is 2. The summed E-state index contributed by atoms with van der Waals surface area (Å²) in [7, 11) is 0. The number of carboxylic acids is 1. The van der Waals surface area contributed by atoms with E-state index in [-0.39, 0.29) is 18.6 Å². The zero-order valence-corrected chi connectivity index (χ0v) is 28.0. The van der Waals surface area contributed by atoms with E-state index >= 15 is 0 Å². The van der Waals surface area contributed by atoms with Crippen LogP contribution in [-0.4, -0.2) is 52.0 Å². The summed E-state index contributed by atoms with van der Waals surface area (Å²) in [6.07, 6.45) is 9.75. The Morgan fingerprint density at radius 2 is 1.35 bits per heavy atom. The molecule has 0 saturated carbocycles. The topological polar surface area (TPSA) is 128 Å². The van der Waals surface area contributed by atoms with Gasteiger partial charge in [0.15, 0.2) is 11.6 Å². The SMILES string of the molecule is CCCCCCCOc1ccc(-c2cnc(-c3ccc(C[C@H](CC(=O)c4ccc(OCC)cc4)C(=O)N[C@H](C)C(=O)O)cc3)nc2)cc1. The van der Waals surface area contributed by atoms with Crippen LogP contribution in [-0.2, 0) is 16.0 Å². The molecule has 0 radical (unpaired) electrons. The van der Waals surface area contributed by atoms with Crippen LogP contribution in [0.5, 0.6) is 11.5 Å². The lowest BCUT2D eigenvalue weighted by Gasteiger charge is -2.18. The molecular formula is C39H45N3O6. The number of Topliss-reactive ketones (excluding diaryl/α,β-unsaturated/α-hetero) is 1. The molecule has 48 heavy (non-hydrogen) atoms. The van der Waals surface area contributed by atoms with Gasteiger partial charge in [-0.15, -0.1) is 0 Å². The molecule has 1 aromatic heterocycles. The third-order valence-corrected chi connectivity index (χ3v) is 8.07. The third-order valence-electron chi connectivity index (χ3n) is 8.07. The molecule has 4 rings (SSSR count). The fourth-order valence-corrected chi connectivity index (χ4v) is 5.24. The second-order valence-corrected chi connectivity index (χ2v) is 11.8. The van der Waals surface area contributed by atoms with Gasteiger partial charge < -0.3 is 19.9 Å². The van der Waals surface area contributed by atoms with Crippen molar-refractivity contribution in [1.82, 2.24) is 15.3 Å². The summed E-state index contributed by atoms with van der Waals surface area (Å²) in [5.74, 6) is -0.563. The Balaban J connectivity index is 1.39. The summed E-state index contributed by atoms with van der Waals surface area (Å²) in [4.78, 5) is 46.8. The predicted octanol–water partition coefficient (Wildman–Crippen LogP) is 7.58. The molecule has 0 aliphatic heterocycles. The summed E-state index contributed by atoms with van der Waals surface area (Å²) in [5.41, 5.74) is 3.97. The maximum absolute atomic E-state index is 13.1. The van der Waals surface area contributed by atoms with Gasteiger partial charge in [0.1, 0.15) is 17.5 Å². The van der Waals surface area contributed by atoms with E-state index in [9.17, 15) is 19.5 Å². The number of rotatable bonds is 19. The Morgan fingerprint density at radius 3 is 1.98 bits per heavy atom. The van der Waals surface area contributed by atoms with Crippen LogP contribution >= 0.6 is 0 Å². The first-order chi connectivity index (χ1) is 23.3. The lowest BCUT2D eigenvalue weighted by Crippen LogP contribution is -2.42. The van der Waals surface area contributed by atoms with E-state index in [0.717, 1.165) is 41.0 Å². The number of amides is 1. The highest BCUT2D eigenvalue weighted by Crippen LogP contribution is 2.25. The molecule has 0 saturated heterocycles. The summed E-state index contributed by atoms with van der Waals surface area (Å²) < 4.78 is 11.3. The van der Waals surface area contributed by atoms with Crippen LogP contribution in [0.15, 0.2) is 85.2 Å². The highest BCUT2D eigenvalue weighted by Gasteiger charge is 2.26. The fraction of sp³-hybridized carbons (Fsp3) is 0.359. The van der Waals surface area contributed by atoms with E-state index < -0.39 is 23.8 Å². The van der Waals surface area contributed by atoms with Crippen molar-refractivity contribution >= 4 is 17.7 Å². The molecule has 1 amide bonds. The Morgan fingerprint density at radius 1 is 0.750 bits per heavy atom. The second-order valence-electron chi connectivity index (χ2n) is 11.8. The molecule has 1 heterocycles. The van der Waals surface area contributed by atoms with E-state index in [0.29, 0.717) is 23.7 Å². The van der Waals surface area contributed by atoms with Gasteiger partial charge in [-0.25, -0.2) is 9.97 Å². The third kappa shape index (κ3) is 10.8. The monoisotopic (exact) mass is 651 g/mol. The van der Waals surface area contributed by atoms with Crippen molar-refractivity contribution in [2.75, 3.05) is 13.2 Å². The van der Waals surface area contributed by atoms with Gasteiger partial charge in [0.2, 0.25) is 5.91 Å². The molecule has 0 bridgehead atoms. The first-order valence-electron chi connectivity index (χ1n) is 16.7. The number of ether oxygens (including phenoxy) is 2. The van der Waals surface area contributed by atoms with E-state index in [1.54, 1.807) is 36.7 Å². The van der Waals surface area contributed by atoms with Crippen molar-refractivity contribution in [3.05, 3.63) is 96.3 Å². The molecule has 252 valence electrons. The number of nitrogens with zero attached hydrogens (tertiary/aromatic N) is 2. The van der Waals surface area contributed by atoms with Gasteiger partial charge in [-0.05, 0) is 74.2 Å². The standard InChI is InChI=1S/C39H45N3O6/c1-4-6-7-8-9-22-48-35-18-14-29(15-19-35)33-25-40-37(41-26-33)31-12-10-28(11-13-31)23-32(38(44)42-27(3)39(45)46)24-36(43)30-16-20-34(21-17-30)47-5-2/h10-21,25-27,32H,4-9,22-24H2,1-3H3,(H,42,44)(H,45,46)/t27-,32-/m1/s1. The molecule has 0 unspecified atom stereocenters. The predicted molar refractivity (Wildman–Crippen MR) is 186 cm³/mol. The molecule has 2 atom stereocenters. The maximum atomic E-state index is 13.1. The molecule has 0 aliphatic carbocycles. The van der Waals surface area contributed by atoms with Gasteiger partial charge in [-0.3, -0.25) is 14.4 Å². The normalized spacial score (nSPS) is 12.1. The Labute approximate surface area is 282 Å². The van der Waals surface area contributed by atoms with Crippen LogP contribution in [0.1, 0.15) is 75.2 Å². The zero-order chi connectivity index (χ0) is 34.3. The van der Waals surface area contributed by atoms with Crippen LogP contribution in [0.3, 0.4) is 0 Å². The van der Waals surface area contributed by atoms with Crippen molar-refractivity contribution in [2.45, 2.75) is 71.8 Å². The van der Waals surface area contributed by atoms with Gasteiger partial charge in [0, 0.05) is 41.4 Å². The number of unbranched alkanes of at least 4 members (excludes halogenated alkanes) is 4. The highest BCUT2D eigenvalue weighted by molar-refractivity contribution is 5.99. The molecule has 0 spiro atoms. The number of hydrogen-bond acceptors (Lipinski definition) is 7. The van der Waals surface area contributed by atoms with Crippen molar-refractivity contribution in [3.63, 3.8) is 0 Å². The number of carboxylic acid groups (broad SMARTS) is 1. The van der Waals surface area contributed by atoms with Gasteiger partial charge >= 0.3 is 5.97 Å². The van der Waals surface area contributed by atoms with Gasteiger partial charge in [0.25, 0.3) is 0 Å². The summed E-state index contributed by atoms with van der Waals surface area (Å²) >= 11 is 0. The van der Waals surface area contributed by atoms with Gasteiger partial charge in [-0.1, -0.05) is 69.0 Å². The first-order valence-corrected chi connectivity index (χ1v) is 16.7. The number of aromatic nitrogens is 2. The van der Waals surface area contributed by atoms with E-state index in [1.807, 2.05) is 55.5 Å². The van der Waals surface area contributed by atoms with E-state index in [2.05, 4.69) is 22.2 Å². The first kappa shape index (κ1) is 35.8. The van der Waals surface area contributed by atoms with Crippen molar-refractivity contribution in [1.29, 1.82) is 0 Å². The molecule has 9 nitrogen and oxygen atoms in total. The van der Waals surface area contributed by atoms with Crippen LogP contribution in [0, 0.1) is 5.92 Å². The summed E-state index contributed by atoms with van der Waals surface area (Å²) in [6.45, 7) is 6.72. The number of nitrogens with one attached hydrogen (secondary N) is 1. The van der Waals surface area contributed by atoms with Crippen molar-refractivity contribution in [3.8, 4) is 34.0 Å². The van der Waals surface area contributed by atoms with Gasteiger partial charge in [-0.2, -0.15) is 0 Å². The van der Waals surface area contributed by atoms with Crippen LogP contribution in [0.4, 0.5) is 0 Å². The number of aliphatic carboxylic acids is 1. The maximum Gasteiger partial charge on any atom is 0.325 e. The van der Waals surface area contributed by atoms with Crippen molar-refractivity contribution < 1.29 is 29.0 Å². The highest BCUT2D eigenvalue weighted by atomic mass is 16.5. The average Bonchev–Trinajstić information content (AvgIpc) is 3.10. The Bertz CT molecular complexity index is 1600. The number of hydrogen-bond donors (Lipinski definition) is 2. The minimum atomic E-state index is -1.15. The molecule has 0 aliphatic rings. The number of benzene rings is 3. The lowest BCUT2D eigenvalue weighted by atomic mass is 9.90. The lowest BCUT2D eigenvalue weighted by molar-refractivity contribution is -0.141. The van der Waals surface area contributed by atoms with Gasteiger partial charge in [0.05, 0.1) is 13.2 Å². The van der Waals surface area contributed by atoms with Crippen LogP contribution in [0.2, 0.25) is 0 Å².